The fourth-order valence-corrected chi connectivity index (χ4v) is 3.56. The SMILES string of the molecule is Cc1cccc(Cl)c1NC(=O)N1CCC(CN2CCOCC2)C1. The number of carbonyl (C=O) groups is 1. The Morgan fingerprint density at radius 1 is 1.35 bits per heavy atom. The van der Waals surface area contributed by atoms with Gasteiger partial charge in [0.15, 0.2) is 0 Å². The molecule has 2 aliphatic rings. The average molecular weight is 338 g/mol. The molecule has 23 heavy (non-hydrogen) atoms. The molecule has 3 rings (SSSR count). The maximum Gasteiger partial charge on any atom is 0.321 e. The number of hydrogen-bond acceptors (Lipinski definition) is 3. The van der Waals surface area contributed by atoms with E-state index in [1.807, 2.05) is 24.0 Å². The molecule has 1 atom stereocenters. The van der Waals surface area contributed by atoms with Gasteiger partial charge in [0.25, 0.3) is 0 Å². The molecule has 1 unspecified atom stereocenters. The standard InChI is InChI=1S/C17H24ClN3O2/c1-13-3-2-4-15(18)16(13)19-17(22)21-6-5-14(12-21)11-20-7-9-23-10-8-20/h2-4,14H,5-12H2,1H3,(H,19,22). The third-order valence-electron chi connectivity index (χ3n) is 4.65. The predicted molar refractivity (Wildman–Crippen MR) is 92.1 cm³/mol. The van der Waals surface area contributed by atoms with Gasteiger partial charge in [-0.3, -0.25) is 4.90 Å². The Morgan fingerprint density at radius 3 is 2.87 bits per heavy atom. The van der Waals surface area contributed by atoms with Crippen molar-refractivity contribution in [3.63, 3.8) is 0 Å². The molecule has 0 radical (unpaired) electrons. The van der Waals surface area contributed by atoms with Crippen LogP contribution in [0.15, 0.2) is 18.2 Å². The number of anilines is 1. The minimum atomic E-state index is -0.0503. The van der Waals surface area contributed by atoms with Crippen LogP contribution in [0.5, 0.6) is 0 Å². The highest BCUT2D eigenvalue weighted by Crippen LogP contribution is 2.26. The predicted octanol–water partition coefficient (Wildman–Crippen LogP) is 2.83. The Hall–Kier alpha value is -1.30. The van der Waals surface area contributed by atoms with E-state index in [1.54, 1.807) is 6.07 Å². The van der Waals surface area contributed by atoms with Gasteiger partial charge in [-0.1, -0.05) is 23.7 Å². The molecule has 2 fully saturated rings. The first-order valence-corrected chi connectivity index (χ1v) is 8.62. The van der Waals surface area contributed by atoms with Crippen LogP contribution in [-0.4, -0.2) is 61.8 Å². The minimum Gasteiger partial charge on any atom is -0.379 e. The molecule has 5 nitrogen and oxygen atoms in total. The lowest BCUT2D eigenvalue weighted by atomic mass is 10.1. The topological polar surface area (TPSA) is 44.8 Å². The van der Waals surface area contributed by atoms with Gasteiger partial charge in [0, 0.05) is 32.7 Å². The van der Waals surface area contributed by atoms with Crippen molar-refractivity contribution in [2.45, 2.75) is 13.3 Å². The Kier molecular flexibility index (Phi) is 5.41. The van der Waals surface area contributed by atoms with E-state index < -0.39 is 0 Å². The lowest BCUT2D eigenvalue weighted by Crippen LogP contribution is -2.40. The number of benzene rings is 1. The van der Waals surface area contributed by atoms with Crippen molar-refractivity contribution >= 4 is 23.3 Å². The second kappa shape index (κ2) is 7.51. The van der Waals surface area contributed by atoms with Gasteiger partial charge in [-0.05, 0) is 30.9 Å². The quantitative estimate of drug-likeness (QED) is 0.922. The number of ether oxygens (including phenoxy) is 1. The summed E-state index contributed by atoms with van der Waals surface area (Å²) in [4.78, 5) is 16.8. The van der Waals surface area contributed by atoms with Gasteiger partial charge in [0.1, 0.15) is 0 Å². The molecule has 126 valence electrons. The van der Waals surface area contributed by atoms with E-state index in [4.69, 9.17) is 16.3 Å². The van der Waals surface area contributed by atoms with E-state index >= 15 is 0 Å². The van der Waals surface area contributed by atoms with Crippen LogP contribution in [-0.2, 0) is 4.74 Å². The van der Waals surface area contributed by atoms with Crippen LogP contribution in [0.4, 0.5) is 10.5 Å². The zero-order valence-corrected chi connectivity index (χ0v) is 14.3. The van der Waals surface area contributed by atoms with Crippen LogP contribution in [0.1, 0.15) is 12.0 Å². The van der Waals surface area contributed by atoms with E-state index in [9.17, 15) is 4.79 Å². The smallest absolute Gasteiger partial charge is 0.321 e. The number of urea groups is 1. The molecular formula is C17H24ClN3O2. The van der Waals surface area contributed by atoms with E-state index in [2.05, 4.69) is 10.2 Å². The van der Waals surface area contributed by atoms with Gasteiger partial charge < -0.3 is 15.0 Å². The molecule has 0 saturated carbocycles. The fraction of sp³-hybridized carbons (Fsp3) is 0.588. The summed E-state index contributed by atoms with van der Waals surface area (Å²) in [6.45, 7) is 8.27. The van der Waals surface area contributed by atoms with Crippen molar-refractivity contribution in [1.82, 2.24) is 9.80 Å². The highest BCUT2D eigenvalue weighted by atomic mass is 35.5. The number of nitrogens with zero attached hydrogens (tertiary/aromatic N) is 2. The first kappa shape index (κ1) is 16.6. The minimum absolute atomic E-state index is 0.0503. The van der Waals surface area contributed by atoms with Gasteiger partial charge in [0.2, 0.25) is 0 Å². The fourth-order valence-electron chi connectivity index (χ4n) is 3.29. The zero-order chi connectivity index (χ0) is 16.2. The number of halogens is 1. The zero-order valence-electron chi connectivity index (χ0n) is 13.6. The summed E-state index contributed by atoms with van der Waals surface area (Å²) in [5.41, 5.74) is 1.70. The van der Waals surface area contributed by atoms with Gasteiger partial charge in [-0.2, -0.15) is 0 Å². The summed E-state index contributed by atoms with van der Waals surface area (Å²) in [6.07, 6.45) is 1.06. The first-order chi connectivity index (χ1) is 11.1. The number of morpholine rings is 1. The van der Waals surface area contributed by atoms with Gasteiger partial charge >= 0.3 is 6.03 Å². The molecule has 1 aromatic carbocycles. The van der Waals surface area contributed by atoms with E-state index in [-0.39, 0.29) is 6.03 Å². The molecule has 0 spiro atoms. The van der Waals surface area contributed by atoms with Gasteiger partial charge in [-0.25, -0.2) is 4.79 Å². The molecule has 2 saturated heterocycles. The summed E-state index contributed by atoms with van der Waals surface area (Å²) in [5.74, 6) is 0.547. The molecular weight excluding hydrogens is 314 g/mol. The van der Waals surface area contributed by atoms with Crippen molar-refractivity contribution < 1.29 is 9.53 Å². The van der Waals surface area contributed by atoms with Crippen LogP contribution in [0.2, 0.25) is 5.02 Å². The highest BCUT2D eigenvalue weighted by Gasteiger charge is 2.28. The first-order valence-electron chi connectivity index (χ1n) is 8.24. The molecule has 1 aromatic rings. The summed E-state index contributed by atoms with van der Waals surface area (Å²) in [5, 5.41) is 3.55. The molecule has 2 heterocycles. The van der Waals surface area contributed by atoms with Gasteiger partial charge in [-0.15, -0.1) is 0 Å². The van der Waals surface area contributed by atoms with Crippen LogP contribution >= 0.6 is 11.6 Å². The number of rotatable bonds is 3. The Morgan fingerprint density at radius 2 is 2.13 bits per heavy atom. The van der Waals surface area contributed by atoms with E-state index in [1.165, 1.54) is 0 Å². The van der Waals surface area contributed by atoms with Crippen LogP contribution in [0.3, 0.4) is 0 Å². The van der Waals surface area contributed by atoms with Crippen molar-refractivity contribution in [3.05, 3.63) is 28.8 Å². The van der Waals surface area contributed by atoms with Crippen LogP contribution in [0.25, 0.3) is 0 Å². The number of aryl methyl sites for hydroxylation is 1. The van der Waals surface area contributed by atoms with Crippen molar-refractivity contribution in [2.24, 2.45) is 5.92 Å². The third-order valence-corrected chi connectivity index (χ3v) is 4.96. The normalized spacial score (nSPS) is 22.3. The maximum atomic E-state index is 12.5. The third kappa shape index (κ3) is 4.16. The van der Waals surface area contributed by atoms with Crippen molar-refractivity contribution in [1.29, 1.82) is 0 Å². The average Bonchev–Trinajstić information content (AvgIpc) is 3.00. The summed E-state index contributed by atoms with van der Waals surface area (Å²) in [6, 6.07) is 5.59. The summed E-state index contributed by atoms with van der Waals surface area (Å²) in [7, 11) is 0. The largest absolute Gasteiger partial charge is 0.379 e. The van der Waals surface area contributed by atoms with Gasteiger partial charge in [0.05, 0.1) is 23.9 Å². The Bertz CT molecular complexity index is 541. The Labute approximate surface area is 142 Å². The summed E-state index contributed by atoms with van der Waals surface area (Å²) >= 11 is 6.19. The lowest BCUT2D eigenvalue weighted by Gasteiger charge is -2.29. The van der Waals surface area contributed by atoms with Crippen molar-refractivity contribution in [3.8, 4) is 0 Å². The number of nitrogens with one attached hydrogen (secondary N) is 1. The van der Waals surface area contributed by atoms with Crippen molar-refractivity contribution in [2.75, 3.05) is 51.3 Å². The summed E-state index contributed by atoms with van der Waals surface area (Å²) < 4.78 is 5.38. The molecule has 2 amide bonds. The maximum absolute atomic E-state index is 12.5. The number of hydrogen-bond donors (Lipinski definition) is 1. The second-order valence-corrected chi connectivity index (χ2v) is 6.78. The number of para-hydroxylation sites is 1. The number of likely N-dealkylation sites (tertiary alicyclic amines) is 1. The second-order valence-electron chi connectivity index (χ2n) is 6.38. The van der Waals surface area contributed by atoms with E-state index in [0.29, 0.717) is 10.9 Å². The number of amides is 2. The van der Waals surface area contributed by atoms with Crippen LogP contribution in [0, 0.1) is 12.8 Å². The molecule has 2 aliphatic heterocycles. The molecule has 0 bridgehead atoms. The molecule has 0 aromatic heterocycles. The van der Waals surface area contributed by atoms with E-state index in [0.717, 1.165) is 63.6 Å². The highest BCUT2D eigenvalue weighted by molar-refractivity contribution is 6.33. The Balaban J connectivity index is 1.53. The lowest BCUT2D eigenvalue weighted by molar-refractivity contribution is 0.0314. The molecule has 1 N–H and O–H groups in total. The number of carbonyl (C=O) groups excluding carboxylic acids is 1. The molecule has 0 aliphatic carbocycles. The van der Waals surface area contributed by atoms with Crippen LogP contribution < -0.4 is 5.32 Å². The monoisotopic (exact) mass is 337 g/mol. The molecule has 6 heteroatoms.